The van der Waals surface area contributed by atoms with E-state index in [1.807, 2.05) is 17.4 Å². The van der Waals surface area contributed by atoms with Gasteiger partial charge < -0.3 is 0 Å². The van der Waals surface area contributed by atoms with Crippen LogP contribution in [0.5, 0.6) is 0 Å². The van der Waals surface area contributed by atoms with E-state index in [1.54, 1.807) is 0 Å². The summed E-state index contributed by atoms with van der Waals surface area (Å²) in [4.78, 5) is 4.06. The fourth-order valence-corrected chi connectivity index (χ4v) is 4.04. The van der Waals surface area contributed by atoms with Crippen molar-refractivity contribution in [1.29, 1.82) is 0 Å². The Hall–Kier alpha value is -0.570. The van der Waals surface area contributed by atoms with E-state index >= 15 is 0 Å². The number of hydrogen-bond acceptors (Lipinski definition) is 2. The number of hydrogen-bond donors (Lipinski definition) is 0. The Kier molecular flexibility index (Phi) is 3.88. The van der Waals surface area contributed by atoms with Gasteiger partial charge in [-0.1, -0.05) is 30.5 Å². The van der Waals surface area contributed by atoms with Gasteiger partial charge in [-0.2, -0.15) is 0 Å². The quantitative estimate of drug-likeness (QED) is 0.753. The zero-order valence-corrected chi connectivity index (χ0v) is 12.1. The summed E-state index contributed by atoms with van der Waals surface area (Å²) < 4.78 is 1.31. The molecule has 1 aromatic carbocycles. The molecule has 0 bridgehead atoms. The zero-order valence-electron chi connectivity index (χ0n) is 10.5. The van der Waals surface area contributed by atoms with Crippen LogP contribution in [0.1, 0.15) is 30.6 Å². The zero-order chi connectivity index (χ0) is 12.4. The highest BCUT2D eigenvalue weighted by atomic mass is 35.5. The summed E-state index contributed by atoms with van der Waals surface area (Å²) >= 11 is 7.92. The largest absolute Gasteiger partial charge is 0.298 e. The summed E-state index contributed by atoms with van der Waals surface area (Å²) in [5.74, 6) is 0. The molecular weight excluding hydrogens is 262 g/mol. The summed E-state index contributed by atoms with van der Waals surface area (Å²) in [5, 5.41) is 2.17. The lowest BCUT2D eigenvalue weighted by atomic mass is 10.2. The molecule has 18 heavy (non-hydrogen) atoms. The number of benzene rings is 1. The van der Waals surface area contributed by atoms with E-state index in [4.69, 9.17) is 11.6 Å². The van der Waals surface area contributed by atoms with E-state index in [0.717, 1.165) is 11.6 Å². The normalized spacial score (nSPS) is 18.1. The van der Waals surface area contributed by atoms with Gasteiger partial charge in [0.15, 0.2) is 0 Å². The molecule has 0 radical (unpaired) electrons. The van der Waals surface area contributed by atoms with E-state index in [9.17, 15) is 0 Å². The van der Waals surface area contributed by atoms with Gasteiger partial charge in [-0.3, -0.25) is 4.90 Å². The molecule has 0 aliphatic carbocycles. The second-order valence-corrected chi connectivity index (χ2v) is 6.69. The Morgan fingerprint density at radius 1 is 1.06 bits per heavy atom. The van der Waals surface area contributed by atoms with E-state index < -0.39 is 0 Å². The molecule has 1 aromatic heterocycles. The lowest BCUT2D eigenvalue weighted by Crippen LogP contribution is -2.23. The maximum atomic E-state index is 6.04. The van der Waals surface area contributed by atoms with Crippen LogP contribution in [0, 0.1) is 0 Å². The molecule has 1 aliphatic heterocycles. The summed E-state index contributed by atoms with van der Waals surface area (Å²) in [6.45, 7) is 3.63. The molecule has 0 saturated carbocycles. The van der Waals surface area contributed by atoms with Crippen LogP contribution in [-0.2, 0) is 6.54 Å². The fraction of sp³-hybridized carbons (Fsp3) is 0.467. The van der Waals surface area contributed by atoms with Gasteiger partial charge in [0.2, 0.25) is 0 Å². The monoisotopic (exact) mass is 279 g/mol. The first-order chi connectivity index (χ1) is 8.81. The summed E-state index contributed by atoms with van der Waals surface area (Å²) in [5.41, 5.74) is 0. The maximum absolute atomic E-state index is 6.04. The molecule has 0 atom stereocenters. The Labute approximate surface area is 117 Å². The van der Waals surface area contributed by atoms with Crippen molar-refractivity contribution in [3.05, 3.63) is 34.2 Å². The van der Waals surface area contributed by atoms with Crippen LogP contribution in [-0.4, -0.2) is 18.0 Å². The minimum absolute atomic E-state index is 0.839. The standard InChI is InChI=1S/C15H18ClNS/c16-13-6-5-12-9-14(18-15(12)10-13)11-17-7-3-1-2-4-8-17/h5-6,9-10H,1-4,7-8,11H2. The number of halogens is 1. The highest BCUT2D eigenvalue weighted by molar-refractivity contribution is 7.19. The van der Waals surface area contributed by atoms with Gasteiger partial charge >= 0.3 is 0 Å². The highest BCUT2D eigenvalue weighted by Crippen LogP contribution is 2.29. The Morgan fingerprint density at radius 2 is 1.83 bits per heavy atom. The second-order valence-electron chi connectivity index (χ2n) is 5.09. The Balaban J connectivity index is 1.77. The van der Waals surface area contributed by atoms with Gasteiger partial charge in [-0.15, -0.1) is 11.3 Å². The molecule has 0 N–H and O–H groups in total. The Bertz CT molecular complexity index is 526. The number of thiophene rings is 1. The van der Waals surface area contributed by atoms with Gasteiger partial charge in [0.25, 0.3) is 0 Å². The lowest BCUT2D eigenvalue weighted by molar-refractivity contribution is 0.279. The van der Waals surface area contributed by atoms with Gasteiger partial charge in [-0.25, -0.2) is 0 Å². The van der Waals surface area contributed by atoms with Crippen molar-refractivity contribution in [2.75, 3.05) is 13.1 Å². The van der Waals surface area contributed by atoms with E-state index in [1.165, 1.54) is 53.7 Å². The first-order valence-corrected chi connectivity index (χ1v) is 7.91. The van der Waals surface area contributed by atoms with Gasteiger partial charge in [-0.05, 0) is 49.5 Å². The molecule has 0 unspecified atom stereocenters. The molecule has 2 aromatic rings. The van der Waals surface area contributed by atoms with Crippen molar-refractivity contribution in [3.8, 4) is 0 Å². The van der Waals surface area contributed by atoms with Crippen LogP contribution in [0.15, 0.2) is 24.3 Å². The molecular formula is C15H18ClNS. The second kappa shape index (κ2) is 5.60. The summed E-state index contributed by atoms with van der Waals surface area (Å²) in [7, 11) is 0. The van der Waals surface area contributed by atoms with Gasteiger partial charge in [0.05, 0.1) is 0 Å². The molecule has 2 heterocycles. The first-order valence-electron chi connectivity index (χ1n) is 6.71. The van der Waals surface area contributed by atoms with Crippen LogP contribution in [0.4, 0.5) is 0 Å². The van der Waals surface area contributed by atoms with Crippen molar-refractivity contribution < 1.29 is 0 Å². The highest BCUT2D eigenvalue weighted by Gasteiger charge is 2.11. The molecule has 1 fully saturated rings. The third-order valence-corrected chi connectivity index (χ3v) is 4.93. The van der Waals surface area contributed by atoms with Gasteiger partial charge in [0.1, 0.15) is 0 Å². The molecule has 1 aliphatic rings. The minimum atomic E-state index is 0.839. The minimum Gasteiger partial charge on any atom is -0.298 e. The van der Waals surface area contributed by atoms with Gasteiger partial charge in [0, 0.05) is 21.1 Å². The molecule has 0 amide bonds. The molecule has 3 rings (SSSR count). The average Bonchev–Trinajstić information content (AvgIpc) is 2.57. The van der Waals surface area contributed by atoms with Crippen LogP contribution in [0.2, 0.25) is 5.02 Å². The van der Waals surface area contributed by atoms with Crippen molar-refractivity contribution in [1.82, 2.24) is 4.90 Å². The van der Waals surface area contributed by atoms with Crippen LogP contribution in [0.3, 0.4) is 0 Å². The van der Waals surface area contributed by atoms with E-state index in [0.29, 0.717) is 0 Å². The molecule has 0 spiro atoms. The maximum Gasteiger partial charge on any atom is 0.0420 e. The van der Waals surface area contributed by atoms with Crippen molar-refractivity contribution in [3.63, 3.8) is 0 Å². The summed E-state index contributed by atoms with van der Waals surface area (Å²) in [6, 6.07) is 8.50. The third kappa shape index (κ3) is 2.87. The Morgan fingerprint density at radius 3 is 2.61 bits per heavy atom. The lowest BCUT2D eigenvalue weighted by Gasteiger charge is -2.18. The number of likely N-dealkylation sites (tertiary alicyclic amines) is 1. The topological polar surface area (TPSA) is 3.24 Å². The average molecular weight is 280 g/mol. The number of fused-ring (bicyclic) bond motifs is 1. The molecule has 3 heteroatoms. The van der Waals surface area contributed by atoms with Crippen molar-refractivity contribution >= 4 is 33.0 Å². The fourth-order valence-electron chi connectivity index (χ4n) is 2.65. The first kappa shape index (κ1) is 12.5. The smallest absolute Gasteiger partial charge is 0.0420 e. The third-order valence-electron chi connectivity index (χ3n) is 3.61. The summed E-state index contributed by atoms with van der Waals surface area (Å²) in [6.07, 6.45) is 5.52. The van der Waals surface area contributed by atoms with Crippen molar-refractivity contribution in [2.24, 2.45) is 0 Å². The predicted octanol–water partition coefficient (Wildman–Crippen LogP) is 4.93. The number of nitrogens with zero attached hydrogens (tertiary/aromatic N) is 1. The van der Waals surface area contributed by atoms with E-state index in [-0.39, 0.29) is 0 Å². The molecule has 1 saturated heterocycles. The van der Waals surface area contributed by atoms with Crippen LogP contribution >= 0.6 is 22.9 Å². The SMILES string of the molecule is Clc1ccc2cc(CN3CCCCCC3)sc2c1. The predicted molar refractivity (Wildman–Crippen MR) is 80.6 cm³/mol. The van der Waals surface area contributed by atoms with Crippen LogP contribution in [0.25, 0.3) is 10.1 Å². The van der Waals surface area contributed by atoms with Crippen molar-refractivity contribution in [2.45, 2.75) is 32.2 Å². The van der Waals surface area contributed by atoms with Crippen LogP contribution < -0.4 is 0 Å². The van der Waals surface area contributed by atoms with E-state index in [2.05, 4.69) is 23.1 Å². The molecule has 1 nitrogen and oxygen atoms in total. The molecule has 96 valence electrons. The number of rotatable bonds is 2.